The van der Waals surface area contributed by atoms with Gasteiger partial charge in [0.2, 0.25) is 0 Å². The highest BCUT2D eigenvalue weighted by Crippen LogP contribution is 2.32. The number of aromatic nitrogens is 4. The third kappa shape index (κ3) is 4.77. The number of unbranched alkanes of at least 4 members (excludes halogenated alkanes) is 4. The number of imidazole rings is 1. The molecule has 3 rings (SSSR count). The van der Waals surface area contributed by atoms with Crippen molar-refractivity contribution in [1.29, 1.82) is 0 Å². The van der Waals surface area contributed by atoms with Crippen LogP contribution in [-0.2, 0) is 4.74 Å². The van der Waals surface area contributed by atoms with Crippen molar-refractivity contribution in [1.82, 2.24) is 19.5 Å². The van der Waals surface area contributed by atoms with Crippen LogP contribution in [-0.4, -0.2) is 70.8 Å². The van der Waals surface area contributed by atoms with E-state index in [9.17, 15) is 15.3 Å². The summed E-state index contributed by atoms with van der Waals surface area (Å²) in [5.74, 6) is 1.15. The van der Waals surface area contributed by atoms with E-state index in [2.05, 4.69) is 30.9 Å². The second-order valence-corrected chi connectivity index (χ2v) is 8.60. The molecule has 9 nitrogen and oxygen atoms in total. The van der Waals surface area contributed by atoms with Gasteiger partial charge in [0, 0.05) is 11.1 Å². The van der Waals surface area contributed by atoms with Gasteiger partial charge in [-0.2, -0.15) is 0 Å². The van der Waals surface area contributed by atoms with E-state index in [4.69, 9.17) is 10.5 Å². The molecule has 0 aliphatic carbocycles. The largest absolute Gasteiger partial charge is 0.394 e. The van der Waals surface area contributed by atoms with Crippen LogP contribution >= 0.6 is 27.7 Å². The van der Waals surface area contributed by atoms with Crippen molar-refractivity contribution in [3.8, 4) is 0 Å². The number of aliphatic hydroxyl groups excluding tert-OH is 3. The summed E-state index contributed by atoms with van der Waals surface area (Å²) in [6, 6.07) is 0. The zero-order chi connectivity index (χ0) is 20.1. The molecule has 0 spiro atoms. The summed E-state index contributed by atoms with van der Waals surface area (Å²) in [4.78, 5) is 13.1. The number of fused-ring (bicyclic) bond motifs is 1. The molecule has 1 aliphatic rings. The van der Waals surface area contributed by atoms with Crippen LogP contribution in [0.4, 0.5) is 5.82 Å². The van der Waals surface area contributed by atoms with E-state index >= 15 is 0 Å². The van der Waals surface area contributed by atoms with E-state index in [-0.39, 0.29) is 5.82 Å². The van der Waals surface area contributed by atoms with Crippen LogP contribution in [0.5, 0.6) is 0 Å². The van der Waals surface area contributed by atoms with Gasteiger partial charge in [0.25, 0.3) is 0 Å². The van der Waals surface area contributed by atoms with Gasteiger partial charge < -0.3 is 25.8 Å². The molecule has 2 unspecified atom stereocenters. The smallest absolute Gasteiger partial charge is 0.191 e. The fourth-order valence-corrected chi connectivity index (χ4v) is 4.41. The number of nitrogen functional groups attached to an aromatic ring is 1. The highest BCUT2D eigenvalue weighted by atomic mass is 79.9. The molecule has 0 radical (unpaired) electrons. The van der Waals surface area contributed by atoms with E-state index in [1.807, 2.05) is 0 Å². The summed E-state index contributed by atoms with van der Waals surface area (Å²) in [6.07, 6.45) is 3.17. The summed E-state index contributed by atoms with van der Waals surface area (Å²) in [7, 11) is 0. The highest BCUT2D eigenvalue weighted by Gasteiger charge is 2.44. The maximum Gasteiger partial charge on any atom is 0.191 e. The second kappa shape index (κ2) is 10.2. The second-order valence-electron chi connectivity index (χ2n) is 6.75. The number of nitrogens with zero attached hydrogens (tertiary/aromatic N) is 4. The molecule has 156 valence electrons. The minimum absolute atomic E-state index is 0.260. The Morgan fingerprint density at radius 2 is 1.89 bits per heavy atom. The molecule has 1 aliphatic heterocycles. The molecule has 2 aromatic rings. The van der Waals surface area contributed by atoms with Crippen molar-refractivity contribution < 1.29 is 20.1 Å². The number of anilines is 1. The maximum atomic E-state index is 10.3. The van der Waals surface area contributed by atoms with E-state index in [0.717, 1.165) is 23.9 Å². The molecule has 0 saturated carbocycles. The number of aliphatic hydroxyl groups is 3. The zero-order valence-electron chi connectivity index (χ0n) is 15.4. The number of hydrogen-bond donors (Lipinski definition) is 4. The molecule has 4 atom stereocenters. The third-order valence-corrected chi connectivity index (χ3v) is 6.22. The van der Waals surface area contributed by atoms with Crippen LogP contribution in [0.1, 0.15) is 38.3 Å². The first-order valence-electron chi connectivity index (χ1n) is 9.38. The van der Waals surface area contributed by atoms with Crippen molar-refractivity contribution in [3.63, 3.8) is 0 Å². The summed E-state index contributed by atoms with van der Waals surface area (Å²) < 4.78 is 7.10. The third-order valence-electron chi connectivity index (χ3n) is 4.73. The average Bonchev–Trinajstić information content (AvgIpc) is 3.23. The minimum atomic E-state index is -1.21. The lowest BCUT2D eigenvalue weighted by Crippen LogP contribution is -2.33. The van der Waals surface area contributed by atoms with Gasteiger partial charge in [-0.3, -0.25) is 4.57 Å². The van der Waals surface area contributed by atoms with E-state index in [1.165, 1.54) is 41.9 Å². The maximum absolute atomic E-state index is 10.3. The van der Waals surface area contributed by atoms with Crippen LogP contribution < -0.4 is 5.73 Å². The number of nitrogens with two attached hydrogens (primary N) is 1. The van der Waals surface area contributed by atoms with Crippen LogP contribution in [0.15, 0.2) is 11.5 Å². The topological polar surface area (TPSA) is 140 Å². The molecule has 11 heteroatoms. The lowest BCUT2D eigenvalue weighted by molar-refractivity contribution is -0.0511. The highest BCUT2D eigenvalue weighted by molar-refractivity contribution is 9.09. The number of ether oxygens (including phenoxy) is 1. The Kier molecular flexibility index (Phi) is 7.89. The molecule has 0 bridgehead atoms. The predicted octanol–water partition coefficient (Wildman–Crippen LogP) is 1.46. The Hall–Kier alpha value is -0.980. The van der Waals surface area contributed by atoms with Crippen LogP contribution in [0.2, 0.25) is 0 Å². The van der Waals surface area contributed by atoms with Gasteiger partial charge in [0.05, 0.1) is 12.9 Å². The lowest BCUT2D eigenvalue weighted by atomic mass is 10.1. The SMILES string of the molecule is Nc1nc(SCCCCCCCBr)nc2c1ncn2[C@@H]1O[C@H](CO)C(O)C1O. The first-order valence-corrected chi connectivity index (χ1v) is 11.5. The van der Waals surface area contributed by atoms with Gasteiger partial charge in [-0.1, -0.05) is 47.0 Å². The zero-order valence-corrected chi connectivity index (χ0v) is 17.8. The first-order chi connectivity index (χ1) is 13.6. The number of rotatable bonds is 10. The number of halogens is 1. The van der Waals surface area contributed by atoms with Crippen molar-refractivity contribution in [2.75, 3.05) is 23.4 Å². The fourth-order valence-electron chi connectivity index (χ4n) is 3.17. The van der Waals surface area contributed by atoms with E-state index < -0.39 is 31.1 Å². The molecule has 5 N–H and O–H groups in total. The van der Waals surface area contributed by atoms with Crippen LogP contribution in [0, 0.1) is 0 Å². The number of alkyl halides is 1. The van der Waals surface area contributed by atoms with Crippen molar-refractivity contribution >= 4 is 44.7 Å². The standard InChI is InChI=1S/C17H26BrN5O4S/c18-6-4-2-1-3-5-7-28-17-21-14(19)11-15(22-17)23(9-20-11)16-13(26)12(25)10(8-24)27-16/h9-10,12-13,16,24-26H,1-8H2,(H2,19,21,22)/t10-,12?,13?,16-/m1/s1. The van der Waals surface area contributed by atoms with Gasteiger partial charge in [-0.15, -0.1) is 0 Å². The monoisotopic (exact) mass is 475 g/mol. The number of hydrogen-bond acceptors (Lipinski definition) is 9. The van der Waals surface area contributed by atoms with Gasteiger partial charge in [-0.25, -0.2) is 15.0 Å². The molecule has 2 aromatic heterocycles. The molecule has 3 heterocycles. The quantitative estimate of drug-likeness (QED) is 0.174. The van der Waals surface area contributed by atoms with Gasteiger partial charge >= 0.3 is 0 Å². The summed E-state index contributed by atoms with van der Waals surface area (Å²) in [5.41, 5.74) is 6.88. The molecule has 1 fully saturated rings. The summed E-state index contributed by atoms with van der Waals surface area (Å²) in [6.45, 7) is -0.394. The number of thioether (sulfide) groups is 1. The van der Waals surface area contributed by atoms with Gasteiger partial charge in [-0.05, 0) is 12.8 Å². The Bertz CT molecular complexity index is 779. The molecule has 0 amide bonds. The predicted molar refractivity (Wildman–Crippen MR) is 110 cm³/mol. The first kappa shape index (κ1) is 21.7. The molecule has 28 heavy (non-hydrogen) atoms. The molecular weight excluding hydrogens is 450 g/mol. The molecule has 1 saturated heterocycles. The Morgan fingerprint density at radius 3 is 2.61 bits per heavy atom. The molecular formula is C17H26BrN5O4S. The fraction of sp³-hybridized carbons (Fsp3) is 0.706. The normalized spacial score (nSPS) is 25.0. The summed E-state index contributed by atoms with van der Waals surface area (Å²) >= 11 is 4.97. The van der Waals surface area contributed by atoms with Crippen molar-refractivity contribution in [2.24, 2.45) is 0 Å². The van der Waals surface area contributed by atoms with Crippen molar-refractivity contribution in [2.45, 2.75) is 61.8 Å². The lowest BCUT2D eigenvalue weighted by Gasteiger charge is -2.16. The Labute approximate surface area is 175 Å². The summed E-state index contributed by atoms with van der Waals surface area (Å²) in [5, 5.41) is 31.2. The van der Waals surface area contributed by atoms with E-state index in [1.54, 1.807) is 0 Å². The Morgan fingerprint density at radius 1 is 1.14 bits per heavy atom. The molecule has 0 aromatic carbocycles. The average molecular weight is 476 g/mol. The Balaban J connectivity index is 1.69. The minimum Gasteiger partial charge on any atom is -0.394 e. The van der Waals surface area contributed by atoms with Gasteiger partial charge in [0.15, 0.2) is 22.8 Å². The van der Waals surface area contributed by atoms with Gasteiger partial charge in [0.1, 0.15) is 23.8 Å². The van der Waals surface area contributed by atoms with Crippen molar-refractivity contribution in [3.05, 3.63) is 6.33 Å². The van der Waals surface area contributed by atoms with Crippen LogP contribution in [0.25, 0.3) is 11.2 Å². The van der Waals surface area contributed by atoms with Crippen LogP contribution in [0.3, 0.4) is 0 Å². The van der Waals surface area contributed by atoms with E-state index in [0.29, 0.717) is 16.3 Å².